The van der Waals surface area contributed by atoms with Crippen molar-refractivity contribution < 1.29 is 20.4 Å². The maximum Gasteiger partial charge on any atom is 2.00 e. The predicted molar refractivity (Wildman–Crippen MR) is 133 cm³/mol. The molecular formula is C28H58Pd. The number of hydrogen-bond acceptors (Lipinski definition) is 0. The van der Waals surface area contributed by atoms with Crippen molar-refractivity contribution in [2.24, 2.45) is 0 Å². The first-order chi connectivity index (χ1) is 13.8. The molecule has 29 heavy (non-hydrogen) atoms. The topological polar surface area (TPSA) is 0 Å². The van der Waals surface area contributed by atoms with E-state index >= 15 is 0 Å². The SMILES string of the molecule is [CH2-]CCCCCCCCCCCCC.[CH2-]CCCCCCCCCCCCC.[Pd+2]. The van der Waals surface area contributed by atoms with Gasteiger partial charge in [-0.05, 0) is 0 Å². The predicted octanol–water partition coefficient (Wildman–Crippen LogP) is 11.0. The molecule has 0 aromatic heterocycles. The van der Waals surface area contributed by atoms with Crippen LogP contribution in [-0.2, 0) is 20.4 Å². The van der Waals surface area contributed by atoms with Gasteiger partial charge in [-0.2, -0.15) is 12.8 Å². The van der Waals surface area contributed by atoms with Gasteiger partial charge in [-0.25, -0.2) is 0 Å². The van der Waals surface area contributed by atoms with Crippen LogP contribution < -0.4 is 0 Å². The zero-order chi connectivity index (χ0) is 21.0. The van der Waals surface area contributed by atoms with Crippen LogP contribution in [-0.4, -0.2) is 0 Å². The van der Waals surface area contributed by atoms with Crippen molar-refractivity contribution >= 4 is 0 Å². The second kappa shape index (κ2) is 36.1. The fraction of sp³-hybridized carbons (Fsp3) is 0.929. The summed E-state index contributed by atoms with van der Waals surface area (Å²) in [5.41, 5.74) is 0. The molecule has 0 amide bonds. The van der Waals surface area contributed by atoms with E-state index in [2.05, 4.69) is 27.7 Å². The fourth-order valence-electron chi connectivity index (χ4n) is 3.68. The van der Waals surface area contributed by atoms with Gasteiger partial charge in [0.15, 0.2) is 0 Å². The van der Waals surface area contributed by atoms with Crippen LogP contribution in [0.25, 0.3) is 0 Å². The van der Waals surface area contributed by atoms with Gasteiger partial charge in [0.25, 0.3) is 0 Å². The quantitative estimate of drug-likeness (QED) is 0.0787. The third kappa shape index (κ3) is 39.7. The Hall–Kier alpha value is 0.662. The molecule has 0 bridgehead atoms. The summed E-state index contributed by atoms with van der Waals surface area (Å²) in [6.45, 7) is 12.3. The van der Waals surface area contributed by atoms with Gasteiger partial charge in [-0.1, -0.05) is 155 Å². The van der Waals surface area contributed by atoms with Gasteiger partial charge in [0, 0.05) is 0 Å². The first-order valence-corrected chi connectivity index (χ1v) is 13.4. The Balaban J connectivity index is -0.000000451. The van der Waals surface area contributed by atoms with Crippen molar-refractivity contribution in [2.45, 2.75) is 168 Å². The molecule has 0 spiro atoms. The van der Waals surface area contributed by atoms with Crippen molar-refractivity contribution in [3.05, 3.63) is 13.8 Å². The molecule has 0 radical (unpaired) electrons. The number of rotatable bonds is 22. The first-order valence-electron chi connectivity index (χ1n) is 13.4. The second-order valence-electron chi connectivity index (χ2n) is 8.78. The molecule has 0 atom stereocenters. The largest absolute Gasteiger partial charge is 2.00 e. The fourth-order valence-corrected chi connectivity index (χ4v) is 3.68. The number of unbranched alkanes of at least 4 members (excludes halogenated alkanes) is 22. The van der Waals surface area contributed by atoms with E-state index < -0.39 is 0 Å². The summed E-state index contributed by atoms with van der Waals surface area (Å²) >= 11 is 0. The molecule has 0 unspecified atom stereocenters. The Kier molecular flexibility index (Phi) is 42.6. The Morgan fingerprint density at radius 1 is 0.310 bits per heavy atom. The van der Waals surface area contributed by atoms with Crippen molar-refractivity contribution in [1.82, 2.24) is 0 Å². The molecule has 0 aromatic carbocycles. The van der Waals surface area contributed by atoms with Crippen LogP contribution in [0.5, 0.6) is 0 Å². The maximum absolute atomic E-state index is 3.86. The van der Waals surface area contributed by atoms with Gasteiger partial charge >= 0.3 is 20.4 Å². The van der Waals surface area contributed by atoms with Crippen molar-refractivity contribution in [2.75, 3.05) is 0 Å². The molecule has 0 saturated carbocycles. The number of hydrogen-bond donors (Lipinski definition) is 0. The Morgan fingerprint density at radius 2 is 0.483 bits per heavy atom. The van der Waals surface area contributed by atoms with Crippen LogP contribution in [0.15, 0.2) is 0 Å². The Labute approximate surface area is 201 Å². The van der Waals surface area contributed by atoms with Gasteiger partial charge in [-0.15, -0.1) is 0 Å². The smallest absolute Gasteiger partial charge is 0.343 e. The van der Waals surface area contributed by atoms with Gasteiger partial charge in [-0.3, -0.25) is 0 Å². The van der Waals surface area contributed by atoms with E-state index in [0.717, 1.165) is 12.8 Å². The standard InChI is InChI=1S/2C14H29.Pd/c2*1-3-5-7-9-11-13-14-12-10-8-6-4-2;/h2*1,3-14H2,2H3;/q2*-1;+2. The average molecular weight is 501 g/mol. The molecule has 180 valence electrons. The molecule has 0 nitrogen and oxygen atoms in total. The minimum Gasteiger partial charge on any atom is -0.343 e. The van der Waals surface area contributed by atoms with Gasteiger partial charge in [0.05, 0.1) is 0 Å². The normalized spacial score (nSPS) is 10.3. The van der Waals surface area contributed by atoms with Crippen LogP contribution in [0.4, 0.5) is 0 Å². The third-order valence-corrected chi connectivity index (χ3v) is 5.71. The van der Waals surface area contributed by atoms with E-state index in [9.17, 15) is 0 Å². The van der Waals surface area contributed by atoms with E-state index in [1.54, 1.807) is 0 Å². The summed E-state index contributed by atoms with van der Waals surface area (Å²) in [4.78, 5) is 0. The van der Waals surface area contributed by atoms with E-state index in [0.29, 0.717) is 0 Å². The molecule has 0 aliphatic carbocycles. The average Bonchev–Trinajstić information content (AvgIpc) is 2.71. The van der Waals surface area contributed by atoms with E-state index in [1.807, 2.05) is 0 Å². The summed E-state index contributed by atoms with van der Waals surface area (Å²) in [6, 6.07) is 0. The third-order valence-electron chi connectivity index (χ3n) is 5.71. The van der Waals surface area contributed by atoms with E-state index in [4.69, 9.17) is 0 Å². The second-order valence-corrected chi connectivity index (χ2v) is 8.78. The molecule has 0 heterocycles. The van der Waals surface area contributed by atoms with Gasteiger partial charge < -0.3 is 13.8 Å². The van der Waals surface area contributed by atoms with Gasteiger partial charge in [0.2, 0.25) is 0 Å². The minimum absolute atomic E-state index is 0. The van der Waals surface area contributed by atoms with Crippen molar-refractivity contribution in [3.8, 4) is 0 Å². The summed E-state index contributed by atoms with van der Waals surface area (Å²) in [7, 11) is 0. The zero-order valence-corrected chi connectivity index (χ0v) is 22.3. The molecule has 1 heteroatoms. The van der Waals surface area contributed by atoms with E-state index in [-0.39, 0.29) is 20.4 Å². The van der Waals surface area contributed by atoms with Crippen LogP contribution in [0.2, 0.25) is 0 Å². The van der Waals surface area contributed by atoms with Crippen LogP contribution in [0.3, 0.4) is 0 Å². The summed E-state index contributed by atoms with van der Waals surface area (Å²) in [5.74, 6) is 0. The zero-order valence-electron chi connectivity index (χ0n) is 20.7. The molecule has 0 fully saturated rings. The van der Waals surface area contributed by atoms with Gasteiger partial charge in [0.1, 0.15) is 0 Å². The molecule has 0 aliphatic heterocycles. The molecule has 0 aromatic rings. The molecular weight excluding hydrogens is 443 g/mol. The molecule has 0 N–H and O–H groups in total. The summed E-state index contributed by atoms with van der Waals surface area (Å²) in [6.07, 6.45) is 33.7. The summed E-state index contributed by atoms with van der Waals surface area (Å²) in [5, 5.41) is 0. The van der Waals surface area contributed by atoms with Crippen LogP contribution >= 0.6 is 0 Å². The monoisotopic (exact) mass is 500 g/mol. The summed E-state index contributed by atoms with van der Waals surface area (Å²) < 4.78 is 0. The van der Waals surface area contributed by atoms with Crippen molar-refractivity contribution in [3.63, 3.8) is 0 Å². The minimum atomic E-state index is 0. The van der Waals surface area contributed by atoms with Crippen LogP contribution in [0.1, 0.15) is 168 Å². The maximum atomic E-state index is 3.86. The van der Waals surface area contributed by atoms with Crippen LogP contribution in [0, 0.1) is 13.8 Å². The Morgan fingerprint density at radius 3 is 0.655 bits per heavy atom. The molecule has 0 rings (SSSR count). The first kappa shape index (κ1) is 34.3. The molecule has 0 saturated heterocycles. The Bertz CT molecular complexity index is 178. The van der Waals surface area contributed by atoms with E-state index in [1.165, 1.54) is 141 Å². The van der Waals surface area contributed by atoms with Crippen molar-refractivity contribution in [1.29, 1.82) is 0 Å². The molecule has 0 aliphatic rings.